The smallest absolute Gasteiger partial charge is 0.160 e. The Hall–Kier alpha value is -4.40. The molecule has 0 aliphatic carbocycles. The largest absolute Gasteiger partial charge is 0.472 e. The fourth-order valence-corrected chi connectivity index (χ4v) is 3.34. The summed E-state index contributed by atoms with van der Waals surface area (Å²) in [6.07, 6.45) is 11.7. The van der Waals surface area contributed by atoms with Gasteiger partial charge in [-0.05, 0) is 18.2 Å². The summed E-state index contributed by atoms with van der Waals surface area (Å²) >= 11 is 0. The van der Waals surface area contributed by atoms with E-state index >= 15 is 0 Å². The van der Waals surface area contributed by atoms with Gasteiger partial charge in [0.05, 0.1) is 36.1 Å². The third kappa shape index (κ3) is 2.48. The van der Waals surface area contributed by atoms with Gasteiger partial charge in [-0.3, -0.25) is 20.1 Å². The predicted molar refractivity (Wildman–Crippen MR) is 105 cm³/mol. The van der Waals surface area contributed by atoms with Crippen LogP contribution in [0.3, 0.4) is 0 Å². The van der Waals surface area contributed by atoms with Gasteiger partial charge in [-0.25, -0.2) is 9.97 Å². The molecule has 6 heterocycles. The Labute approximate surface area is 162 Å². The van der Waals surface area contributed by atoms with Gasteiger partial charge in [-0.15, -0.1) is 0 Å². The number of aromatic amines is 2. The fourth-order valence-electron chi connectivity index (χ4n) is 3.34. The Kier molecular flexibility index (Phi) is 3.27. The molecule has 9 heteroatoms. The molecule has 0 spiro atoms. The Bertz CT molecular complexity index is 1450. The van der Waals surface area contributed by atoms with Gasteiger partial charge in [-0.2, -0.15) is 5.10 Å². The van der Waals surface area contributed by atoms with Gasteiger partial charge < -0.3 is 9.40 Å². The summed E-state index contributed by atoms with van der Waals surface area (Å²) in [5.74, 6) is 0.617. The molecular formula is C20H12N8O. The molecule has 0 aliphatic heterocycles. The lowest BCUT2D eigenvalue weighted by Gasteiger charge is -1.99. The molecule has 6 aromatic heterocycles. The average molecular weight is 380 g/mol. The maximum atomic E-state index is 5.22. The molecule has 0 radical (unpaired) electrons. The minimum atomic E-state index is 0.617. The molecule has 6 rings (SSSR count). The van der Waals surface area contributed by atoms with E-state index in [1.165, 1.54) is 0 Å². The first-order chi connectivity index (χ1) is 14.4. The molecule has 29 heavy (non-hydrogen) atoms. The summed E-state index contributed by atoms with van der Waals surface area (Å²) in [6, 6.07) is 5.73. The number of furan rings is 1. The molecule has 0 fully saturated rings. The third-order valence-corrected chi connectivity index (χ3v) is 4.71. The monoisotopic (exact) mass is 380 g/mol. The van der Waals surface area contributed by atoms with Crippen LogP contribution in [0.15, 0.2) is 66.1 Å². The van der Waals surface area contributed by atoms with Crippen LogP contribution in [-0.4, -0.2) is 40.1 Å². The standard InChI is InChI=1S/C20H12N8O/c1-3-23-19-17(12(1)11-2-6-29-10-11)25-20(26-19)18-13-7-14(16-8-21-4-5-22-16)24-9-15(13)27-28-18/h1-10H,(H,27,28)(H,23,25,26). The summed E-state index contributed by atoms with van der Waals surface area (Å²) < 4.78 is 5.22. The van der Waals surface area contributed by atoms with Gasteiger partial charge in [0.15, 0.2) is 11.5 Å². The first-order valence-electron chi connectivity index (χ1n) is 8.85. The van der Waals surface area contributed by atoms with Crippen molar-refractivity contribution < 1.29 is 4.42 Å². The number of fused-ring (bicyclic) bond motifs is 2. The summed E-state index contributed by atoms with van der Waals surface area (Å²) in [5.41, 5.74) is 6.20. The van der Waals surface area contributed by atoms with Gasteiger partial charge in [0.25, 0.3) is 0 Å². The number of nitrogens with one attached hydrogen (secondary N) is 2. The highest BCUT2D eigenvalue weighted by Crippen LogP contribution is 2.31. The highest BCUT2D eigenvalue weighted by Gasteiger charge is 2.17. The number of aromatic nitrogens is 8. The second-order valence-electron chi connectivity index (χ2n) is 6.43. The minimum Gasteiger partial charge on any atom is -0.472 e. The molecule has 2 N–H and O–H groups in total. The Morgan fingerprint density at radius 2 is 1.93 bits per heavy atom. The Morgan fingerprint density at radius 1 is 0.931 bits per heavy atom. The van der Waals surface area contributed by atoms with Crippen LogP contribution in [-0.2, 0) is 0 Å². The average Bonchev–Trinajstić information content (AvgIpc) is 3.52. The number of nitrogens with zero attached hydrogens (tertiary/aromatic N) is 6. The van der Waals surface area contributed by atoms with E-state index < -0.39 is 0 Å². The summed E-state index contributed by atoms with van der Waals surface area (Å²) in [5, 5.41) is 8.33. The molecule has 0 saturated carbocycles. The number of hydrogen-bond donors (Lipinski definition) is 2. The van der Waals surface area contributed by atoms with Crippen LogP contribution < -0.4 is 0 Å². The second-order valence-corrected chi connectivity index (χ2v) is 6.43. The van der Waals surface area contributed by atoms with E-state index in [-0.39, 0.29) is 0 Å². The minimum absolute atomic E-state index is 0.617. The summed E-state index contributed by atoms with van der Waals surface area (Å²) in [7, 11) is 0. The highest BCUT2D eigenvalue weighted by atomic mass is 16.3. The molecule has 0 bridgehead atoms. The lowest BCUT2D eigenvalue weighted by Crippen LogP contribution is -1.88. The topological polar surface area (TPSA) is 122 Å². The van der Waals surface area contributed by atoms with Crippen LogP contribution >= 0.6 is 0 Å². The van der Waals surface area contributed by atoms with E-state index in [4.69, 9.17) is 9.40 Å². The van der Waals surface area contributed by atoms with Crippen molar-refractivity contribution in [3.05, 3.63) is 61.7 Å². The number of imidazole rings is 1. The van der Waals surface area contributed by atoms with E-state index in [2.05, 4.69) is 35.1 Å². The first-order valence-corrected chi connectivity index (χ1v) is 8.85. The molecule has 0 amide bonds. The van der Waals surface area contributed by atoms with Crippen molar-refractivity contribution in [2.45, 2.75) is 0 Å². The maximum absolute atomic E-state index is 5.22. The molecule has 0 aliphatic rings. The quantitative estimate of drug-likeness (QED) is 0.481. The van der Waals surface area contributed by atoms with Crippen LogP contribution in [0.25, 0.3) is 56.1 Å². The summed E-state index contributed by atoms with van der Waals surface area (Å²) in [6.45, 7) is 0. The van der Waals surface area contributed by atoms with Crippen molar-refractivity contribution in [2.75, 3.05) is 0 Å². The molecular weight excluding hydrogens is 368 g/mol. The third-order valence-electron chi connectivity index (χ3n) is 4.71. The molecule has 6 aromatic rings. The molecule has 138 valence electrons. The first kappa shape index (κ1) is 15.6. The van der Waals surface area contributed by atoms with Crippen molar-refractivity contribution in [3.8, 4) is 34.0 Å². The SMILES string of the molecule is c1cnc(-c2cc3c(-c4nc5c(-c6ccoc6)ccnc5[nH]4)n[nH]c3cn2)cn1. The molecule has 0 atom stereocenters. The Morgan fingerprint density at radius 3 is 2.79 bits per heavy atom. The maximum Gasteiger partial charge on any atom is 0.160 e. The van der Waals surface area contributed by atoms with Crippen LogP contribution in [0.5, 0.6) is 0 Å². The van der Waals surface area contributed by atoms with Crippen molar-refractivity contribution >= 4 is 22.1 Å². The highest BCUT2D eigenvalue weighted by molar-refractivity contribution is 5.96. The fraction of sp³-hybridized carbons (Fsp3) is 0. The zero-order chi connectivity index (χ0) is 19.2. The number of hydrogen-bond acceptors (Lipinski definition) is 7. The van der Waals surface area contributed by atoms with E-state index in [0.717, 1.165) is 27.5 Å². The van der Waals surface area contributed by atoms with Crippen molar-refractivity contribution in [1.82, 2.24) is 40.1 Å². The molecule has 0 saturated heterocycles. The normalized spacial score (nSPS) is 11.4. The zero-order valence-electron chi connectivity index (χ0n) is 14.9. The predicted octanol–water partition coefficient (Wildman–Crippen LogP) is 3.61. The second kappa shape index (κ2) is 6.06. The van der Waals surface area contributed by atoms with Crippen molar-refractivity contribution in [1.29, 1.82) is 0 Å². The summed E-state index contributed by atoms with van der Waals surface area (Å²) in [4.78, 5) is 25.3. The zero-order valence-corrected chi connectivity index (χ0v) is 14.9. The van der Waals surface area contributed by atoms with Crippen LogP contribution in [0.1, 0.15) is 0 Å². The lowest BCUT2D eigenvalue weighted by atomic mass is 10.1. The lowest BCUT2D eigenvalue weighted by molar-refractivity contribution is 0.568. The van der Waals surface area contributed by atoms with Crippen LogP contribution in [0, 0.1) is 0 Å². The van der Waals surface area contributed by atoms with Gasteiger partial charge in [0.1, 0.15) is 16.9 Å². The van der Waals surface area contributed by atoms with Crippen LogP contribution in [0.2, 0.25) is 0 Å². The van der Waals surface area contributed by atoms with E-state index in [0.29, 0.717) is 28.6 Å². The van der Waals surface area contributed by atoms with E-state index in [9.17, 15) is 0 Å². The van der Waals surface area contributed by atoms with Crippen LogP contribution in [0.4, 0.5) is 0 Å². The van der Waals surface area contributed by atoms with E-state index in [1.54, 1.807) is 43.5 Å². The van der Waals surface area contributed by atoms with Gasteiger partial charge >= 0.3 is 0 Å². The van der Waals surface area contributed by atoms with Gasteiger partial charge in [0.2, 0.25) is 0 Å². The number of rotatable bonds is 3. The number of pyridine rings is 2. The Balaban J connectivity index is 1.53. The molecule has 0 unspecified atom stereocenters. The number of H-pyrrole nitrogens is 2. The molecule has 0 aromatic carbocycles. The van der Waals surface area contributed by atoms with Gasteiger partial charge in [0, 0.05) is 35.1 Å². The van der Waals surface area contributed by atoms with Crippen molar-refractivity contribution in [3.63, 3.8) is 0 Å². The van der Waals surface area contributed by atoms with E-state index in [1.807, 2.05) is 18.2 Å². The van der Waals surface area contributed by atoms with Gasteiger partial charge in [-0.1, -0.05) is 0 Å². The molecule has 9 nitrogen and oxygen atoms in total. The van der Waals surface area contributed by atoms with Crippen molar-refractivity contribution in [2.24, 2.45) is 0 Å².